The van der Waals surface area contributed by atoms with E-state index in [1.807, 2.05) is 18.2 Å². The number of rotatable bonds is 3. The number of likely N-dealkylation sites (tertiary alicyclic amines) is 1. The van der Waals surface area contributed by atoms with E-state index in [-0.39, 0.29) is 25.4 Å². The molecule has 1 saturated heterocycles. The Morgan fingerprint density at radius 3 is 2.53 bits per heavy atom. The number of pyridine rings is 1. The van der Waals surface area contributed by atoms with Gasteiger partial charge in [-0.05, 0) is 18.6 Å². The van der Waals surface area contributed by atoms with Crippen LogP contribution in [0, 0.1) is 0 Å². The van der Waals surface area contributed by atoms with E-state index < -0.39 is 18.3 Å². The number of aliphatic hydroxyl groups is 3. The zero-order valence-electron chi connectivity index (χ0n) is 10.5. The molecule has 1 aliphatic heterocycles. The third-order valence-corrected chi connectivity index (χ3v) is 3.28. The summed E-state index contributed by atoms with van der Waals surface area (Å²) in [4.78, 5) is 17.5. The fraction of sp³-hybridized carbons (Fsp3) is 0.538. The van der Waals surface area contributed by atoms with Gasteiger partial charge in [-0.3, -0.25) is 9.78 Å². The first-order valence-electron chi connectivity index (χ1n) is 6.30. The highest BCUT2D eigenvalue weighted by Gasteiger charge is 2.35. The molecule has 0 radical (unpaired) electrons. The summed E-state index contributed by atoms with van der Waals surface area (Å²) in [5.41, 5.74) is 0.828. The molecule has 3 atom stereocenters. The SMILES string of the molecule is O=C(CCc1ccccn1)N1C[C@@H](O)C(O)[C@@H](O)C1. The molecule has 6 nitrogen and oxygen atoms in total. The van der Waals surface area contributed by atoms with Gasteiger partial charge >= 0.3 is 0 Å². The number of amides is 1. The predicted octanol–water partition coefficient (Wildman–Crippen LogP) is -1.06. The summed E-state index contributed by atoms with van der Waals surface area (Å²) in [6, 6.07) is 5.51. The first kappa shape index (κ1) is 13.9. The van der Waals surface area contributed by atoms with Crippen LogP contribution in [-0.2, 0) is 11.2 Å². The van der Waals surface area contributed by atoms with Crippen molar-refractivity contribution in [3.8, 4) is 0 Å². The molecular weight excluding hydrogens is 248 g/mol. The lowest BCUT2D eigenvalue weighted by atomic mass is 10.0. The summed E-state index contributed by atoms with van der Waals surface area (Å²) in [5.74, 6) is -0.157. The van der Waals surface area contributed by atoms with Gasteiger partial charge in [0.15, 0.2) is 0 Å². The summed E-state index contributed by atoms with van der Waals surface area (Å²) in [7, 11) is 0. The van der Waals surface area contributed by atoms with E-state index in [2.05, 4.69) is 4.98 Å². The molecule has 2 heterocycles. The lowest BCUT2D eigenvalue weighted by molar-refractivity contribution is -0.148. The maximum Gasteiger partial charge on any atom is 0.223 e. The molecular formula is C13H18N2O4. The monoisotopic (exact) mass is 266 g/mol. The Morgan fingerprint density at radius 2 is 1.95 bits per heavy atom. The van der Waals surface area contributed by atoms with Gasteiger partial charge in [0.25, 0.3) is 0 Å². The number of aryl methyl sites for hydroxylation is 1. The summed E-state index contributed by atoms with van der Waals surface area (Å²) in [6.45, 7) is 0.110. The van der Waals surface area contributed by atoms with Crippen molar-refractivity contribution in [3.63, 3.8) is 0 Å². The fourth-order valence-electron chi connectivity index (χ4n) is 2.14. The average Bonchev–Trinajstić information content (AvgIpc) is 2.42. The van der Waals surface area contributed by atoms with Gasteiger partial charge in [-0.15, -0.1) is 0 Å². The molecule has 1 aromatic heterocycles. The summed E-state index contributed by atoms with van der Waals surface area (Å²) < 4.78 is 0. The maximum absolute atomic E-state index is 12.0. The standard InChI is InChI=1S/C13H18N2O4/c16-10-7-15(8-11(17)13(10)19)12(18)5-4-9-3-1-2-6-14-9/h1-3,6,10-11,13,16-17,19H,4-5,7-8H2/t10-,11+,13?. The second kappa shape index (κ2) is 6.10. The van der Waals surface area contributed by atoms with Crippen molar-refractivity contribution in [3.05, 3.63) is 30.1 Å². The van der Waals surface area contributed by atoms with E-state index in [4.69, 9.17) is 0 Å². The van der Waals surface area contributed by atoms with Crippen molar-refractivity contribution < 1.29 is 20.1 Å². The van der Waals surface area contributed by atoms with E-state index in [9.17, 15) is 20.1 Å². The van der Waals surface area contributed by atoms with Crippen molar-refractivity contribution >= 4 is 5.91 Å². The molecule has 0 aliphatic carbocycles. The van der Waals surface area contributed by atoms with Crippen molar-refractivity contribution in [1.29, 1.82) is 0 Å². The smallest absolute Gasteiger partial charge is 0.223 e. The zero-order chi connectivity index (χ0) is 13.8. The molecule has 0 aromatic carbocycles. The van der Waals surface area contributed by atoms with Crippen LogP contribution in [-0.4, -0.2) is 62.5 Å². The predicted molar refractivity (Wildman–Crippen MR) is 67.2 cm³/mol. The molecule has 1 amide bonds. The van der Waals surface area contributed by atoms with E-state index in [1.54, 1.807) is 6.20 Å². The van der Waals surface area contributed by atoms with E-state index in [0.717, 1.165) is 5.69 Å². The first-order valence-corrected chi connectivity index (χ1v) is 6.30. The van der Waals surface area contributed by atoms with Crippen LogP contribution in [0.25, 0.3) is 0 Å². The Labute approximate surface area is 111 Å². The van der Waals surface area contributed by atoms with Crippen LogP contribution >= 0.6 is 0 Å². The largest absolute Gasteiger partial charge is 0.388 e. The highest BCUT2D eigenvalue weighted by Crippen LogP contribution is 2.13. The minimum Gasteiger partial charge on any atom is -0.388 e. The van der Waals surface area contributed by atoms with Crippen LogP contribution in [0.4, 0.5) is 0 Å². The van der Waals surface area contributed by atoms with Gasteiger partial charge in [-0.2, -0.15) is 0 Å². The number of aliphatic hydroxyl groups excluding tert-OH is 3. The third-order valence-electron chi connectivity index (χ3n) is 3.28. The van der Waals surface area contributed by atoms with Crippen molar-refractivity contribution in [1.82, 2.24) is 9.88 Å². The van der Waals surface area contributed by atoms with Crippen LogP contribution in [0.15, 0.2) is 24.4 Å². The van der Waals surface area contributed by atoms with Gasteiger partial charge < -0.3 is 20.2 Å². The third kappa shape index (κ3) is 3.50. The number of hydrogen-bond acceptors (Lipinski definition) is 5. The highest BCUT2D eigenvalue weighted by molar-refractivity contribution is 5.76. The van der Waals surface area contributed by atoms with E-state index in [0.29, 0.717) is 6.42 Å². The van der Waals surface area contributed by atoms with Crippen molar-refractivity contribution in [2.45, 2.75) is 31.2 Å². The molecule has 1 aromatic rings. The summed E-state index contributed by atoms with van der Waals surface area (Å²) in [6.07, 6.45) is -0.910. The van der Waals surface area contributed by atoms with E-state index >= 15 is 0 Å². The topological polar surface area (TPSA) is 93.9 Å². The van der Waals surface area contributed by atoms with Crippen molar-refractivity contribution in [2.24, 2.45) is 0 Å². The molecule has 1 fully saturated rings. The molecule has 3 N–H and O–H groups in total. The number of carbonyl (C=O) groups is 1. The zero-order valence-corrected chi connectivity index (χ0v) is 10.5. The fourth-order valence-corrected chi connectivity index (χ4v) is 2.14. The molecule has 0 bridgehead atoms. The van der Waals surface area contributed by atoms with E-state index in [1.165, 1.54) is 4.90 Å². The lowest BCUT2D eigenvalue weighted by Gasteiger charge is -2.36. The van der Waals surface area contributed by atoms with Gasteiger partial charge in [0.2, 0.25) is 5.91 Å². The highest BCUT2D eigenvalue weighted by atomic mass is 16.4. The number of piperidine rings is 1. The molecule has 19 heavy (non-hydrogen) atoms. The maximum atomic E-state index is 12.0. The Bertz CT molecular complexity index is 414. The van der Waals surface area contributed by atoms with Crippen LogP contribution < -0.4 is 0 Å². The molecule has 1 aliphatic rings. The number of aromatic nitrogens is 1. The normalized spacial score (nSPS) is 27.3. The molecule has 6 heteroatoms. The number of β-amino-alcohol motifs (C(OH)–C–C–N with tert-alkyl or cyclic N) is 2. The van der Waals surface area contributed by atoms with Gasteiger partial charge in [0.1, 0.15) is 18.3 Å². The number of carbonyl (C=O) groups excluding carboxylic acids is 1. The van der Waals surface area contributed by atoms with Gasteiger partial charge in [0, 0.05) is 31.4 Å². The summed E-state index contributed by atoms with van der Waals surface area (Å²) >= 11 is 0. The van der Waals surface area contributed by atoms with Crippen molar-refractivity contribution in [2.75, 3.05) is 13.1 Å². The lowest BCUT2D eigenvalue weighted by Crippen LogP contribution is -2.56. The molecule has 0 spiro atoms. The van der Waals surface area contributed by atoms with Crippen LogP contribution in [0.5, 0.6) is 0 Å². The van der Waals surface area contributed by atoms with Gasteiger partial charge in [-0.1, -0.05) is 6.07 Å². The Kier molecular flexibility index (Phi) is 4.47. The first-order chi connectivity index (χ1) is 9.08. The number of hydrogen-bond donors (Lipinski definition) is 3. The van der Waals surface area contributed by atoms with Gasteiger partial charge in [-0.25, -0.2) is 0 Å². The Morgan fingerprint density at radius 1 is 1.26 bits per heavy atom. The quantitative estimate of drug-likeness (QED) is 0.648. The van der Waals surface area contributed by atoms with Crippen LogP contribution in [0.1, 0.15) is 12.1 Å². The molecule has 1 unspecified atom stereocenters. The molecule has 104 valence electrons. The van der Waals surface area contributed by atoms with Crippen LogP contribution in [0.2, 0.25) is 0 Å². The Hall–Kier alpha value is -1.50. The minimum absolute atomic E-state index is 0.0548. The molecule has 0 saturated carbocycles. The molecule has 2 rings (SSSR count). The minimum atomic E-state index is -1.18. The summed E-state index contributed by atoms with van der Waals surface area (Å²) in [5, 5.41) is 28.5. The second-order valence-electron chi connectivity index (χ2n) is 4.75. The Balaban J connectivity index is 1.87. The van der Waals surface area contributed by atoms with Crippen LogP contribution in [0.3, 0.4) is 0 Å². The average molecular weight is 266 g/mol. The number of nitrogens with zero attached hydrogens (tertiary/aromatic N) is 2. The second-order valence-corrected chi connectivity index (χ2v) is 4.75. The van der Waals surface area contributed by atoms with Gasteiger partial charge in [0.05, 0.1) is 0 Å².